The number of rotatable bonds is 4. The summed E-state index contributed by atoms with van der Waals surface area (Å²) in [6.07, 6.45) is 17.8. The first-order valence-electron chi connectivity index (χ1n) is 12.8. The maximum atomic E-state index is 12.7. The molecule has 4 saturated carbocycles. The summed E-state index contributed by atoms with van der Waals surface area (Å²) in [7, 11) is 0. The average molecular weight is 413 g/mol. The second-order valence-corrected chi connectivity index (χ2v) is 11.8. The lowest BCUT2D eigenvalue weighted by Crippen LogP contribution is -2.51. The van der Waals surface area contributed by atoms with Crippen LogP contribution in [0.2, 0.25) is 0 Å². The summed E-state index contributed by atoms with van der Waals surface area (Å²) in [6, 6.07) is 0. The van der Waals surface area contributed by atoms with Crippen molar-refractivity contribution in [1.82, 2.24) is 0 Å². The van der Waals surface area contributed by atoms with E-state index in [1.807, 2.05) is 6.08 Å². The second-order valence-electron chi connectivity index (χ2n) is 11.8. The Hall–Kier alpha value is -1.12. The zero-order valence-corrected chi connectivity index (χ0v) is 19.1. The van der Waals surface area contributed by atoms with Crippen LogP contribution >= 0.6 is 0 Å². The first-order valence-corrected chi connectivity index (χ1v) is 12.8. The SMILES string of the molecule is C[C@]12CCC(=O)C=C1CC[C@@H]1C2CC[C@@]2(C)C1CC[C@@H]2OC(=O)CCC1CCCC1. The number of allylic oxidation sites excluding steroid dienone is 1. The number of carbonyl (C=O) groups excluding carboxylic acids is 2. The molecular formula is C27H40O3. The molecular weight excluding hydrogens is 372 g/mol. The molecule has 3 nitrogen and oxygen atoms in total. The molecule has 0 saturated heterocycles. The fourth-order valence-corrected chi connectivity index (χ4v) is 8.54. The van der Waals surface area contributed by atoms with E-state index >= 15 is 0 Å². The molecule has 6 atom stereocenters. The van der Waals surface area contributed by atoms with Gasteiger partial charge in [-0.15, -0.1) is 0 Å². The highest BCUT2D eigenvalue weighted by molar-refractivity contribution is 5.91. The van der Waals surface area contributed by atoms with Gasteiger partial charge in [-0.25, -0.2) is 0 Å². The Balaban J connectivity index is 1.25. The topological polar surface area (TPSA) is 43.4 Å². The molecule has 0 N–H and O–H groups in total. The van der Waals surface area contributed by atoms with Gasteiger partial charge in [0.15, 0.2) is 5.78 Å². The summed E-state index contributed by atoms with van der Waals surface area (Å²) in [6.45, 7) is 4.87. The van der Waals surface area contributed by atoms with Crippen molar-refractivity contribution in [1.29, 1.82) is 0 Å². The quantitative estimate of drug-likeness (QED) is 0.502. The molecule has 4 fully saturated rings. The number of hydrogen-bond donors (Lipinski definition) is 0. The van der Waals surface area contributed by atoms with E-state index in [4.69, 9.17) is 4.74 Å². The van der Waals surface area contributed by atoms with Gasteiger partial charge >= 0.3 is 5.97 Å². The van der Waals surface area contributed by atoms with E-state index < -0.39 is 0 Å². The van der Waals surface area contributed by atoms with Crippen LogP contribution in [0, 0.1) is 34.5 Å². The maximum absolute atomic E-state index is 12.7. The summed E-state index contributed by atoms with van der Waals surface area (Å²) in [4.78, 5) is 24.7. The first kappa shape index (κ1) is 20.8. The van der Waals surface area contributed by atoms with Crippen molar-refractivity contribution in [2.75, 3.05) is 0 Å². The van der Waals surface area contributed by atoms with Crippen molar-refractivity contribution in [3.8, 4) is 0 Å². The van der Waals surface area contributed by atoms with Crippen molar-refractivity contribution < 1.29 is 14.3 Å². The lowest BCUT2D eigenvalue weighted by atomic mass is 9.47. The maximum Gasteiger partial charge on any atom is 0.306 e. The minimum atomic E-state index is 0.0579. The first-order chi connectivity index (χ1) is 14.4. The van der Waals surface area contributed by atoms with E-state index in [9.17, 15) is 9.59 Å². The number of carbonyl (C=O) groups is 2. The van der Waals surface area contributed by atoms with Crippen molar-refractivity contribution in [2.24, 2.45) is 34.5 Å². The highest BCUT2D eigenvalue weighted by atomic mass is 16.5. The molecule has 0 aromatic heterocycles. The molecule has 0 heterocycles. The van der Waals surface area contributed by atoms with E-state index in [0.717, 1.165) is 43.9 Å². The number of ether oxygens (including phenoxy) is 1. The Kier molecular flexibility index (Phi) is 5.39. The summed E-state index contributed by atoms with van der Waals surface area (Å²) >= 11 is 0. The molecule has 0 bridgehead atoms. The van der Waals surface area contributed by atoms with Crippen LogP contribution in [0.3, 0.4) is 0 Å². The monoisotopic (exact) mass is 412 g/mol. The summed E-state index contributed by atoms with van der Waals surface area (Å²) < 4.78 is 6.17. The van der Waals surface area contributed by atoms with Gasteiger partial charge in [0.05, 0.1) is 0 Å². The van der Waals surface area contributed by atoms with Gasteiger partial charge < -0.3 is 4.74 Å². The van der Waals surface area contributed by atoms with Crippen molar-refractivity contribution in [3.63, 3.8) is 0 Å². The molecule has 0 aromatic carbocycles. The molecule has 5 aliphatic rings. The third kappa shape index (κ3) is 3.39. The van der Waals surface area contributed by atoms with E-state index in [0.29, 0.717) is 24.0 Å². The third-order valence-electron chi connectivity index (χ3n) is 10.4. The minimum absolute atomic E-state index is 0.0579. The van der Waals surface area contributed by atoms with Crippen LogP contribution in [0.15, 0.2) is 11.6 Å². The Morgan fingerprint density at radius 3 is 2.60 bits per heavy atom. The van der Waals surface area contributed by atoms with Gasteiger partial charge in [-0.2, -0.15) is 0 Å². The Labute approximate surface area is 182 Å². The van der Waals surface area contributed by atoms with E-state index in [-0.39, 0.29) is 22.9 Å². The molecule has 5 rings (SSSR count). The van der Waals surface area contributed by atoms with Gasteiger partial charge in [0.2, 0.25) is 0 Å². The highest BCUT2D eigenvalue weighted by Crippen LogP contribution is 2.65. The van der Waals surface area contributed by atoms with Crippen LogP contribution in [0.5, 0.6) is 0 Å². The van der Waals surface area contributed by atoms with Crippen molar-refractivity contribution in [3.05, 3.63) is 11.6 Å². The smallest absolute Gasteiger partial charge is 0.306 e. The van der Waals surface area contributed by atoms with Crippen LogP contribution in [0.25, 0.3) is 0 Å². The molecule has 3 heteroatoms. The fourth-order valence-electron chi connectivity index (χ4n) is 8.54. The summed E-state index contributed by atoms with van der Waals surface area (Å²) in [5.74, 6) is 3.28. The van der Waals surface area contributed by atoms with Gasteiger partial charge in [0.25, 0.3) is 0 Å². The van der Waals surface area contributed by atoms with Gasteiger partial charge in [0, 0.05) is 18.3 Å². The molecule has 5 aliphatic carbocycles. The van der Waals surface area contributed by atoms with Crippen molar-refractivity contribution >= 4 is 11.8 Å². The zero-order valence-electron chi connectivity index (χ0n) is 19.1. The molecule has 0 aliphatic heterocycles. The molecule has 0 spiro atoms. The molecule has 0 radical (unpaired) electrons. The largest absolute Gasteiger partial charge is 0.462 e. The zero-order chi connectivity index (χ0) is 20.9. The van der Waals surface area contributed by atoms with Crippen LogP contribution in [-0.2, 0) is 14.3 Å². The predicted octanol–water partition coefficient (Wildman–Crippen LogP) is 6.40. The van der Waals surface area contributed by atoms with Crippen LogP contribution in [0.4, 0.5) is 0 Å². The average Bonchev–Trinajstić information content (AvgIpc) is 3.35. The lowest BCUT2D eigenvalue weighted by molar-refractivity contribution is -0.160. The fraction of sp³-hybridized carbons (Fsp3) is 0.852. The number of esters is 1. The number of ketones is 1. The molecule has 0 aromatic rings. The lowest BCUT2D eigenvalue weighted by Gasteiger charge is -2.57. The number of hydrogen-bond acceptors (Lipinski definition) is 3. The van der Waals surface area contributed by atoms with Crippen LogP contribution in [-0.4, -0.2) is 17.9 Å². The third-order valence-corrected chi connectivity index (χ3v) is 10.4. The Morgan fingerprint density at radius 1 is 1.00 bits per heavy atom. The highest BCUT2D eigenvalue weighted by Gasteiger charge is 2.59. The predicted molar refractivity (Wildman–Crippen MR) is 118 cm³/mol. The van der Waals surface area contributed by atoms with Gasteiger partial charge in [-0.05, 0) is 86.5 Å². The molecule has 2 unspecified atom stereocenters. The van der Waals surface area contributed by atoms with E-state index in [1.165, 1.54) is 56.9 Å². The van der Waals surface area contributed by atoms with Crippen molar-refractivity contribution in [2.45, 2.75) is 110 Å². The number of fused-ring (bicyclic) bond motifs is 5. The molecule has 0 amide bonds. The second kappa shape index (κ2) is 7.78. The van der Waals surface area contributed by atoms with Gasteiger partial charge in [-0.3, -0.25) is 9.59 Å². The summed E-state index contributed by atoms with van der Waals surface area (Å²) in [5.41, 5.74) is 1.83. The van der Waals surface area contributed by atoms with E-state index in [1.54, 1.807) is 0 Å². The minimum Gasteiger partial charge on any atom is -0.462 e. The van der Waals surface area contributed by atoms with Crippen LogP contribution in [0.1, 0.15) is 104 Å². The normalized spacial score (nSPS) is 43.5. The Morgan fingerprint density at radius 2 is 1.80 bits per heavy atom. The Bertz CT molecular complexity index is 732. The van der Waals surface area contributed by atoms with Gasteiger partial charge in [-0.1, -0.05) is 45.1 Å². The van der Waals surface area contributed by atoms with Crippen LogP contribution < -0.4 is 0 Å². The standard InChI is InChI=1S/C27H40O3/c1-26-15-13-20(28)17-19(26)8-9-21-22-10-11-24(27(22,2)16-14-23(21)26)30-25(29)12-7-18-5-3-4-6-18/h17-18,21-24H,3-16H2,1-2H3/t21-,22?,23?,24-,26-,27-/m0/s1. The summed E-state index contributed by atoms with van der Waals surface area (Å²) in [5, 5.41) is 0. The molecule has 166 valence electrons. The molecule has 30 heavy (non-hydrogen) atoms. The van der Waals surface area contributed by atoms with E-state index in [2.05, 4.69) is 13.8 Å². The van der Waals surface area contributed by atoms with Gasteiger partial charge in [0.1, 0.15) is 6.10 Å².